The van der Waals surface area contributed by atoms with Crippen molar-refractivity contribution in [3.8, 4) is 11.5 Å². The van der Waals surface area contributed by atoms with E-state index in [4.69, 9.17) is 9.72 Å². The number of piperazine rings is 1. The van der Waals surface area contributed by atoms with Crippen molar-refractivity contribution >= 4 is 40.1 Å². The molecule has 192 valence electrons. The topological polar surface area (TPSA) is 134 Å². The first-order valence-corrected chi connectivity index (χ1v) is 12.2. The Bertz CT molecular complexity index is 1650. The minimum absolute atomic E-state index is 0.134. The van der Waals surface area contributed by atoms with Gasteiger partial charge in [0.05, 0.1) is 5.52 Å². The Hall–Kier alpha value is -5.00. The van der Waals surface area contributed by atoms with Crippen molar-refractivity contribution in [3.05, 3.63) is 66.9 Å². The number of carboxylic acid groups (broad SMARTS) is 1. The lowest BCUT2D eigenvalue weighted by molar-refractivity contribution is 0.122. The minimum atomic E-state index is -0.897. The third kappa shape index (κ3) is 4.47. The van der Waals surface area contributed by atoms with Gasteiger partial charge in [-0.1, -0.05) is 0 Å². The summed E-state index contributed by atoms with van der Waals surface area (Å²) in [5.74, 6) is 2.74. The first kappa shape index (κ1) is 23.4. The molecule has 0 unspecified atom stereocenters. The maximum atomic E-state index is 11.4. The normalized spacial score (nSPS) is 15.7. The molecular weight excluding hydrogens is 486 g/mol. The highest BCUT2D eigenvalue weighted by Crippen LogP contribution is 2.30. The van der Waals surface area contributed by atoms with E-state index in [1.165, 1.54) is 17.6 Å². The number of aryl methyl sites for hydroxylation is 1. The van der Waals surface area contributed by atoms with Crippen LogP contribution in [0.3, 0.4) is 0 Å². The molecule has 0 saturated carbocycles. The molecule has 5 heterocycles. The Balaban J connectivity index is 1.23. The third-order valence-corrected chi connectivity index (χ3v) is 6.58. The zero-order chi connectivity index (χ0) is 26.2. The minimum Gasteiger partial charge on any atom is -0.465 e. The summed E-state index contributed by atoms with van der Waals surface area (Å²) < 4.78 is 7.76. The first-order valence-electron chi connectivity index (χ1n) is 12.2. The summed E-state index contributed by atoms with van der Waals surface area (Å²) in [6.45, 7) is 5.43. The van der Waals surface area contributed by atoms with Crippen molar-refractivity contribution < 1.29 is 14.6 Å². The summed E-state index contributed by atoms with van der Waals surface area (Å²) in [6.07, 6.45) is 3.91. The van der Waals surface area contributed by atoms with Gasteiger partial charge >= 0.3 is 6.09 Å². The van der Waals surface area contributed by atoms with E-state index in [1.807, 2.05) is 56.3 Å². The number of anilines is 3. The fraction of sp³-hybridized carbons (Fsp3) is 0.231. The Labute approximate surface area is 217 Å². The average molecular weight is 512 g/mol. The molecular formula is C26H25N9O3. The standard InChI is InChI=1S/C26H25N9O3/c1-16-11-18(3-5-21(16)38-19-7-8-35-23(12-19)28-15-30-35)31-25-24-20(27-14-29-25)4-6-22(32-24)33-9-10-34(26(36)37)17(2)13-33/h3-8,11-12,14-15,17H,9-10,13H2,1-2H3,(H,36,37)(H,27,29,31)/t17-/m0/s1. The number of aromatic nitrogens is 6. The van der Waals surface area contributed by atoms with Gasteiger partial charge in [0.1, 0.15) is 35.5 Å². The maximum absolute atomic E-state index is 11.4. The molecule has 1 aromatic carbocycles. The quantitative estimate of drug-likeness (QED) is 0.355. The molecule has 0 bridgehead atoms. The molecule has 0 aliphatic carbocycles. The lowest BCUT2D eigenvalue weighted by Gasteiger charge is -2.38. The van der Waals surface area contributed by atoms with Crippen molar-refractivity contribution in [2.45, 2.75) is 19.9 Å². The molecule has 12 heteroatoms. The van der Waals surface area contributed by atoms with E-state index in [0.717, 1.165) is 22.8 Å². The largest absolute Gasteiger partial charge is 0.465 e. The van der Waals surface area contributed by atoms with Crippen molar-refractivity contribution in [2.24, 2.45) is 0 Å². The molecule has 1 saturated heterocycles. The third-order valence-electron chi connectivity index (χ3n) is 6.58. The summed E-state index contributed by atoms with van der Waals surface area (Å²) in [5, 5.41) is 16.8. The van der Waals surface area contributed by atoms with E-state index in [1.54, 1.807) is 10.7 Å². The highest BCUT2D eigenvalue weighted by molar-refractivity contribution is 5.88. The van der Waals surface area contributed by atoms with Gasteiger partial charge in [-0.15, -0.1) is 0 Å². The summed E-state index contributed by atoms with van der Waals surface area (Å²) >= 11 is 0. The Morgan fingerprint density at radius 1 is 1.08 bits per heavy atom. The van der Waals surface area contributed by atoms with Crippen molar-refractivity contribution in [2.75, 3.05) is 29.9 Å². The van der Waals surface area contributed by atoms with Crippen LogP contribution >= 0.6 is 0 Å². The second-order valence-electron chi connectivity index (χ2n) is 9.16. The van der Waals surface area contributed by atoms with Crippen LogP contribution < -0.4 is 15.0 Å². The highest BCUT2D eigenvalue weighted by Gasteiger charge is 2.28. The smallest absolute Gasteiger partial charge is 0.407 e. The van der Waals surface area contributed by atoms with Crippen molar-refractivity contribution in [3.63, 3.8) is 0 Å². The molecule has 4 aromatic heterocycles. The summed E-state index contributed by atoms with van der Waals surface area (Å²) in [5.41, 5.74) is 3.83. The molecule has 0 radical (unpaired) electrons. The van der Waals surface area contributed by atoms with E-state index in [9.17, 15) is 9.90 Å². The van der Waals surface area contributed by atoms with Crippen LogP contribution in [0.2, 0.25) is 0 Å². The number of amides is 1. The van der Waals surface area contributed by atoms with Gasteiger partial charge in [-0.3, -0.25) is 0 Å². The molecule has 6 rings (SSSR count). The molecule has 1 aliphatic heterocycles. The maximum Gasteiger partial charge on any atom is 0.407 e. The van der Waals surface area contributed by atoms with Gasteiger partial charge < -0.3 is 25.0 Å². The summed E-state index contributed by atoms with van der Waals surface area (Å²) in [7, 11) is 0. The van der Waals surface area contributed by atoms with E-state index in [-0.39, 0.29) is 6.04 Å². The van der Waals surface area contributed by atoms with Crippen LogP contribution in [0.1, 0.15) is 12.5 Å². The molecule has 1 amide bonds. The second-order valence-corrected chi connectivity index (χ2v) is 9.16. The van der Waals surface area contributed by atoms with Gasteiger partial charge in [-0.2, -0.15) is 5.10 Å². The van der Waals surface area contributed by atoms with Crippen molar-refractivity contribution in [1.29, 1.82) is 0 Å². The number of nitrogens with one attached hydrogen (secondary N) is 1. The number of pyridine rings is 2. The van der Waals surface area contributed by atoms with E-state index in [2.05, 4.69) is 30.3 Å². The lowest BCUT2D eigenvalue weighted by Crippen LogP contribution is -2.53. The molecule has 1 fully saturated rings. The molecule has 0 spiro atoms. The van der Waals surface area contributed by atoms with Crippen LogP contribution in [-0.4, -0.2) is 71.3 Å². The van der Waals surface area contributed by atoms with Gasteiger partial charge in [-0.25, -0.2) is 29.2 Å². The highest BCUT2D eigenvalue weighted by atomic mass is 16.5. The fourth-order valence-corrected chi connectivity index (χ4v) is 4.61. The van der Waals surface area contributed by atoms with Gasteiger partial charge in [0.15, 0.2) is 11.5 Å². The monoisotopic (exact) mass is 511 g/mol. The predicted octanol–water partition coefficient (Wildman–Crippen LogP) is 4.10. The van der Waals surface area contributed by atoms with E-state index >= 15 is 0 Å². The van der Waals surface area contributed by atoms with Crippen LogP contribution in [0.5, 0.6) is 11.5 Å². The number of fused-ring (bicyclic) bond motifs is 2. The van der Waals surface area contributed by atoms with Crippen LogP contribution in [0, 0.1) is 6.92 Å². The molecule has 1 atom stereocenters. The van der Waals surface area contributed by atoms with Gasteiger partial charge in [0.25, 0.3) is 0 Å². The molecule has 12 nitrogen and oxygen atoms in total. The Kier molecular flexibility index (Phi) is 5.83. The molecule has 38 heavy (non-hydrogen) atoms. The summed E-state index contributed by atoms with van der Waals surface area (Å²) in [4.78, 5) is 32.8. The fourth-order valence-electron chi connectivity index (χ4n) is 4.61. The van der Waals surface area contributed by atoms with Crippen LogP contribution in [-0.2, 0) is 0 Å². The number of hydrogen-bond acceptors (Lipinski definition) is 9. The van der Waals surface area contributed by atoms with Crippen LogP contribution in [0.15, 0.2) is 61.3 Å². The predicted molar refractivity (Wildman–Crippen MR) is 141 cm³/mol. The van der Waals surface area contributed by atoms with Gasteiger partial charge in [-0.05, 0) is 55.8 Å². The van der Waals surface area contributed by atoms with Crippen molar-refractivity contribution in [1.82, 2.24) is 34.4 Å². The molecule has 1 aliphatic rings. The number of carbonyl (C=O) groups is 1. The van der Waals surface area contributed by atoms with E-state index < -0.39 is 6.09 Å². The van der Waals surface area contributed by atoms with Gasteiger partial charge in [0.2, 0.25) is 0 Å². The first-order chi connectivity index (χ1) is 18.4. The number of ether oxygens (including phenoxy) is 1. The second kappa shape index (κ2) is 9.47. The zero-order valence-corrected chi connectivity index (χ0v) is 20.8. The number of nitrogens with zero attached hydrogens (tertiary/aromatic N) is 8. The SMILES string of the molecule is Cc1cc(Nc2ncnc3ccc(N4CCN(C(=O)O)[C@@H](C)C4)nc23)ccc1Oc1ccn2ncnc2c1. The van der Waals surface area contributed by atoms with Gasteiger partial charge in [0, 0.05) is 43.6 Å². The number of benzene rings is 1. The Morgan fingerprint density at radius 2 is 1.97 bits per heavy atom. The Morgan fingerprint density at radius 3 is 2.79 bits per heavy atom. The number of hydrogen-bond donors (Lipinski definition) is 2. The molecule has 5 aromatic rings. The zero-order valence-electron chi connectivity index (χ0n) is 20.8. The average Bonchev–Trinajstić information content (AvgIpc) is 3.38. The lowest BCUT2D eigenvalue weighted by atomic mass is 10.2. The summed E-state index contributed by atoms with van der Waals surface area (Å²) in [6, 6.07) is 13.2. The van der Waals surface area contributed by atoms with Crippen LogP contribution in [0.4, 0.5) is 22.1 Å². The van der Waals surface area contributed by atoms with E-state index in [0.29, 0.717) is 47.9 Å². The van der Waals surface area contributed by atoms with Crippen LogP contribution in [0.25, 0.3) is 16.7 Å². The molecule has 2 N–H and O–H groups in total. The number of rotatable bonds is 5.